The maximum atomic E-state index is 13.3. The van der Waals surface area contributed by atoms with Gasteiger partial charge >= 0.3 is 5.69 Å². The van der Waals surface area contributed by atoms with Gasteiger partial charge in [0.15, 0.2) is 0 Å². The zero-order valence-electron chi connectivity index (χ0n) is 16.8. The average molecular weight is 444 g/mol. The normalized spacial score (nSPS) is 14.2. The van der Waals surface area contributed by atoms with Crippen LogP contribution in [0.15, 0.2) is 35.3 Å². The summed E-state index contributed by atoms with van der Waals surface area (Å²) in [5.41, 5.74) is 4.61. The van der Waals surface area contributed by atoms with E-state index in [1.54, 1.807) is 12.3 Å². The molecule has 30 heavy (non-hydrogen) atoms. The second kappa shape index (κ2) is 7.75. The van der Waals surface area contributed by atoms with Gasteiger partial charge in [-0.05, 0) is 37.5 Å². The molecule has 1 aliphatic rings. The van der Waals surface area contributed by atoms with Gasteiger partial charge in [-0.25, -0.2) is 14.8 Å². The van der Waals surface area contributed by atoms with E-state index in [4.69, 9.17) is 23.2 Å². The van der Waals surface area contributed by atoms with Crippen LogP contribution in [-0.2, 0) is 13.1 Å². The first kappa shape index (κ1) is 19.6. The molecule has 1 saturated carbocycles. The summed E-state index contributed by atoms with van der Waals surface area (Å²) in [6.45, 7) is 3.54. The smallest absolute Gasteiger partial charge is 0.329 e. The maximum Gasteiger partial charge on any atom is 0.329 e. The molecule has 4 heterocycles. The second-order valence-electron chi connectivity index (χ2n) is 8.00. The highest BCUT2D eigenvalue weighted by atomic mass is 35.5. The van der Waals surface area contributed by atoms with Gasteiger partial charge in [-0.2, -0.15) is 0 Å². The first-order valence-electron chi connectivity index (χ1n) is 10.5. The van der Waals surface area contributed by atoms with E-state index >= 15 is 0 Å². The Morgan fingerprint density at radius 1 is 1.03 bits per heavy atom. The Bertz CT molecular complexity index is 1300. The lowest BCUT2D eigenvalue weighted by molar-refractivity contribution is 0.582. The van der Waals surface area contributed by atoms with Crippen LogP contribution in [0.4, 0.5) is 0 Å². The molecule has 0 aliphatic heterocycles. The Kier molecular flexibility index (Phi) is 5.07. The van der Waals surface area contributed by atoms with Crippen molar-refractivity contribution in [3.8, 4) is 0 Å². The summed E-state index contributed by atoms with van der Waals surface area (Å²) in [4.78, 5) is 22.1. The topological polar surface area (TPSA) is 57.6 Å². The molecule has 156 valence electrons. The van der Waals surface area contributed by atoms with Crippen LogP contribution in [0.25, 0.3) is 22.1 Å². The van der Waals surface area contributed by atoms with Crippen LogP contribution in [0.5, 0.6) is 0 Å². The third-order valence-corrected chi connectivity index (χ3v) is 6.26. The van der Waals surface area contributed by atoms with Gasteiger partial charge in [0.2, 0.25) is 0 Å². The number of imidazole rings is 1. The lowest BCUT2D eigenvalue weighted by atomic mass is 10.2. The molecule has 4 aromatic heterocycles. The molecule has 0 N–H and O–H groups in total. The molecule has 0 unspecified atom stereocenters. The van der Waals surface area contributed by atoms with E-state index in [9.17, 15) is 4.79 Å². The lowest BCUT2D eigenvalue weighted by Gasteiger charge is -2.11. The Morgan fingerprint density at radius 2 is 1.87 bits per heavy atom. The molecule has 0 amide bonds. The van der Waals surface area contributed by atoms with E-state index in [0.29, 0.717) is 16.9 Å². The van der Waals surface area contributed by atoms with Crippen LogP contribution in [0.1, 0.15) is 50.8 Å². The summed E-state index contributed by atoms with van der Waals surface area (Å²) in [6.07, 6.45) is 7.14. The Labute approximate surface area is 184 Å². The summed E-state index contributed by atoms with van der Waals surface area (Å²) in [5, 5.41) is 0.877. The number of unbranched alkanes of at least 4 members (excludes halogenated alkanes) is 2. The fourth-order valence-electron chi connectivity index (χ4n) is 4.23. The number of hydrogen-bond donors (Lipinski definition) is 0. The molecular formula is C22H23Cl2N5O. The van der Waals surface area contributed by atoms with Crippen molar-refractivity contribution in [2.24, 2.45) is 0 Å². The van der Waals surface area contributed by atoms with E-state index in [2.05, 4.69) is 21.5 Å². The predicted octanol–water partition coefficient (Wildman–Crippen LogP) is 5.43. The summed E-state index contributed by atoms with van der Waals surface area (Å²) >= 11 is 12.3. The zero-order chi connectivity index (χ0) is 20.8. The Morgan fingerprint density at radius 3 is 2.63 bits per heavy atom. The van der Waals surface area contributed by atoms with Gasteiger partial charge in [0.25, 0.3) is 0 Å². The zero-order valence-corrected chi connectivity index (χ0v) is 18.3. The van der Waals surface area contributed by atoms with Crippen LogP contribution in [0.2, 0.25) is 10.3 Å². The minimum Gasteiger partial charge on any atom is -0.342 e. The first-order chi connectivity index (χ1) is 14.6. The summed E-state index contributed by atoms with van der Waals surface area (Å²) in [6, 6.07) is 7.93. The summed E-state index contributed by atoms with van der Waals surface area (Å²) in [5.74, 6) is 0. The molecule has 4 aromatic rings. The number of hydrogen-bond acceptors (Lipinski definition) is 3. The number of fused-ring (bicyclic) bond motifs is 2. The number of rotatable bonds is 7. The van der Waals surface area contributed by atoms with Crippen LogP contribution < -0.4 is 5.69 Å². The number of aryl methyl sites for hydroxylation is 1. The highest BCUT2D eigenvalue weighted by Gasteiger charge is 2.29. The molecular weight excluding hydrogens is 421 g/mol. The minimum absolute atomic E-state index is 0.00655. The molecule has 0 bridgehead atoms. The molecule has 0 aromatic carbocycles. The fourth-order valence-corrected chi connectivity index (χ4v) is 4.54. The summed E-state index contributed by atoms with van der Waals surface area (Å²) < 4.78 is 5.95. The van der Waals surface area contributed by atoms with E-state index < -0.39 is 0 Å². The van der Waals surface area contributed by atoms with Gasteiger partial charge in [0, 0.05) is 24.3 Å². The second-order valence-corrected chi connectivity index (χ2v) is 8.77. The fraction of sp³-hybridized carbons (Fsp3) is 0.409. The van der Waals surface area contributed by atoms with Crippen molar-refractivity contribution in [2.75, 3.05) is 0 Å². The van der Waals surface area contributed by atoms with Crippen molar-refractivity contribution >= 4 is 45.3 Å². The SMILES string of the molecule is CCCCCn1c(Cn2c(=O)n(C3CC3)c3cc(Cl)ncc32)cc2nc(Cl)ccc21. The highest BCUT2D eigenvalue weighted by molar-refractivity contribution is 6.30. The molecule has 0 saturated heterocycles. The van der Waals surface area contributed by atoms with E-state index in [1.165, 1.54) is 0 Å². The number of pyridine rings is 2. The average Bonchev–Trinajstić information content (AvgIpc) is 3.44. The largest absolute Gasteiger partial charge is 0.342 e. The van der Waals surface area contributed by atoms with Gasteiger partial charge in [0.05, 0.1) is 34.8 Å². The van der Waals surface area contributed by atoms with Crippen LogP contribution >= 0.6 is 23.2 Å². The van der Waals surface area contributed by atoms with Crippen molar-refractivity contribution in [3.63, 3.8) is 0 Å². The van der Waals surface area contributed by atoms with Gasteiger partial charge in [-0.3, -0.25) is 9.13 Å². The van der Waals surface area contributed by atoms with Crippen molar-refractivity contribution < 1.29 is 0 Å². The molecule has 1 aliphatic carbocycles. The molecule has 1 fully saturated rings. The summed E-state index contributed by atoms with van der Waals surface area (Å²) in [7, 11) is 0. The Balaban J connectivity index is 1.64. The molecule has 0 spiro atoms. The van der Waals surface area contributed by atoms with Crippen LogP contribution in [0.3, 0.4) is 0 Å². The van der Waals surface area contributed by atoms with Crippen molar-refractivity contribution in [1.82, 2.24) is 23.7 Å². The standard InChI is InChI=1S/C22H23Cl2N5O/c1-2-3-4-9-27-15(10-16-17(27)7-8-20(23)26-16)13-28-19-12-25-21(24)11-18(19)29(22(28)30)14-5-6-14/h7-8,10-12,14H,2-6,9,13H2,1H3. The van der Waals surface area contributed by atoms with Crippen molar-refractivity contribution in [2.45, 2.75) is 58.2 Å². The number of halogens is 2. The van der Waals surface area contributed by atoms with E-state index in [0.717, 1.165) is 66.4 Å². The van der Waals surface area contributed by atoms with Crippen LogP contribution in [-0.4, -0.2) is 23.7 Å². The highest BCUT2D eigenvalue weighted by Crippen LogP contribution is 2.36. The van der Waals surface area contributed by atoms with Gasteiger partial charge in [-0.1, -0.05) is 43.0 Å². The monoisotopic (exact) mass is 443 g/mol. The first-order valence-corrected chi connectivity index (χ1v) is 11.2. The van der Waals surface area contributed by atoms with Crippen molar-refractivity contribution in [1.29, 1.82) is 0 Å². The molecule has 0 atom stereocenters. The van der Waals surface area contributed by atoms with Gasteiger partial charge in [0.1, 0.15) is 10.3 Å². The third kappa shape index (κ3) is 3.42. The molecule has 6 nitrogen and oxygen atoms in total. The number of aromatic nitrogens is 5. The predicted molar refractivity (Wildman–Crippen MR) is 121 cm³/mol. The van der Waals surface area contributed by atoms with Crippen molar-refractivity contribution in [3.05, 3.63) is 56.9 Å². The van der Waals surface area contributed by atoms with Gasteiger partial charge in [-0.15, -0.1) is 0 Å². The lowest BCUT2D eigenvalue weighted by Crippen LogP contribution is -2.25. The third-order valence-electron chi connectivity index (χ3n) is 5.84. The molecule has 8 heteroatoms. The van der Waals surface area contributed by atoms with Crippen LogP contribution in [0, 0.1) is 0 Å². The maximum absolute atomic E-state index is 13.3. The molecule has 0 radical (unpaired) electrons. The minimum atomic E-state index is -0.00655. The van der Waals surface area contributed by atoms with Gasteiger partial charge < -0.3 is 4.57 Å². The van der Waals surface area contributed by atoms with E-state index in [1.807, 2.05) is 27.3 Å². The molecule has 5 rings (SSSR count). The number of nitrogens with zero attached hydrogens (tertiary/aromatic N) is 5. The van der Waals surface area contributed by atoms with E-state index in [-0.39, 0.29) is 11.7 Å². The Hall–Kier alpha value is -2.31. The quantitative estimate of drug-likeness (QED) is 0.282.